The molecular weight excluding hydrogens is 176 g/mol. The number of allylic oxidation sites excluding steroid dienone is 3. The summed E-state index contributed by atoms with van der Waals surface area (Å²) < 4.78 is 1.92. The lowest BCUT2D eigenvalue weighted by Crippen LogP contribution is -2.06. The minimum Gasteiger partial charge on any atom is -0.383 e. The molecule has 0 saturated carbocycles. The largest absolute Gasteiger partial charge is 0.383 e. The van der Waals surface area contributed by atoms with Crippen molar-refractivity contribution < 1.29 is 9.37 Å². The fraction of sp³-hybridized carbons (Fsp3) is 0.455. The van der Waals surface area contributed by atoms with Crippen LogP contribution in [0.3, 0.4) is 0 Å². The highest BCUT2D eigenvalue weighted by Crippen LogP contribution is 1.99. The van der Waals surface area contributed by atoms with Crippen molar-refractivity contribution in [2.75, 3.05) is 28.2 Å². The summed E-state index contributed by atoms with van der Waals surface area (Å²) in [5.41, 5.74) is 0.702. The van der Waals surface area contributed by atoms with Gasteiger partial charge in [0.15, 0.2) is 12.0 Å². The van der Waals surface area contributed by atoms with E-state index >= 15 is 0 Å². The van der Waals surface area contributed by atoms with Gasteiger partial charge in [0.05, 0.1) is 0 Å². The summed E-state index contributed by atoms with van der Waals surface area (Å²) in [4.78, 5) is 13.0. The molecule has 0 bridgehead atoms. The molecule has 78 valence electrons. The Morgan fingerprint density at radius 3 is 2.21 bits per heavy atom. The van der Waals surface area contributed by atoms with E-state index in [1.165, 1.54) is 0 Å². The van der Waals surface area contributed by atoms with Crippen LogP contribution in [0.25, 0.3) is 0 Å². The smallest absolute Gasteiger partial charge is 0.162 e. The first-order valence-electron chi connectivity index (χ1n) is 4.50. The van der Waals surface area contributed by atoms with Crippen LogP contribution in [-0.4, -0.2) is 49.7 Å². The van der Waals surface area contributed by atoms with Crippen LogP contribution in [-0.2, 0) is 4.79 Å². The average Bonchev–Trinajstić information content (AvgIpc) is 2.00. The molecule has 0 N–H and O–H groups in total. The highest BCUT2D eigenvalue weighted by molar-refractivity contribution is 5.96. The first kappa shape index (κ1) is 12.6. The van der Waals surface area contributed by atoms with Crippen LogP contribution in [0.4, 0.5) is 0 Å². The maximum Gasteiger partial charge on any atom is 0.162 e. The van der Waals surface area contributed by atoms with Crippen molar-refractivity contribution in [3.63, 3.8) is 0 Å². The number of hydrogen-bond acceptors (Lipinski definition) is 2. The third kappa shape index (κ3) is 6.17. The van der Waals surface area contributed by atoms with Gasteiger partial charge in [0.25, 0.3) is 0 Å². The second-order valence-electron chi connectivity index (χ2n) is 3.58. The Morgan fingerprint density at radius 2 is 1.86 bits per heavy atom. The standard InChI is InChI=1S/C11H19N2O/c1-10(14)11(9-13(4)5)7-6-8-12(2)3/h6-9H,1-5H3/q+1. The molecule has 0 saturated heterocycles. The van der Waals surface area contributed by atoms with Crippen molar-refractivity contribution in [2.45, 2.75) is 6.92 Å². The summed E-state index contributed by atoms with van der Waals surface area (Å²) in [6.45, 7) is 1.56. The van der Waals surface area contributed by atoms with E-state index in [-0.39, 0.29) is 5.78 Å². The Kier molecular flexibility index (Phi) is 5.53. The SMILES string of the molecule is CC(=O)C(=C\N(C)C)/C=C/C=[N+](C)C. The van der Waals surface area contributed by atoms with Crippen LogP contribution in [0.15, 0.2) is 23.9 Å². The van der Waals surface area contributed by atoms with Gasteiger partial charge in [-0.1, -0.05) is 0 Å². The average molecular weight is 195 g/mol. The van der Waals surface area contributed by atoms with Gasteiger partial charge in [-0.2, -0.15) is 0 Å². The fourth-order valence-corrected chi connectivity index (χ4v) is 0.848. The maximum atomic E-state index is 11.2. The van der Waals surface area contributed by atoms with Crippen molar-refractivity contribution in [3.8, 4) is 0 Å². The molecule has 3 heteroatoms. The van der Waals surface area contributed by atoms with Crippen LogP contribution in [0.5, 0.6) is 0 Å². The van der Waals surface area contributed by atoms with E-state index in [4.69, 9.17) is 0 Å². The maximum absolute atomic E-state index is 11.2. The van der Waals surface area contributed by atoms with Crippen LogP contribution in [0, 0.1) is 0 Å². The molecule has 0 spiro atoms. The second kappa shape index (κ2) is 6.13. The number of ketones is 1. The van der Waals surface area contributed by atoms with Gasteiger partial charge >= 0.3 is 0 Å². The predicted octanol–water partition coefficient (Wildman–Crippen LogP) is 0.920. The molecule has 0 amide bonds. The number of carbonyl (C=O) groups excluding carboxylic acids is 1. The zero-order valence-corrected chi connectivity index (χ0v) is 9.61. The molecule has 0 fully saturated rings. The van der Waals surface area contributed by atoms with Gasteiger partial charge in [0, 0.05) is 31.9 Å². The van der Waals surface area contributed by atoms with E-state index in [0.717, 1.165) is 0 Å². The van der Waals surface area contributed by atoms with E-state index < -0.39 is 0 Å². The van der Waals surface area contributed by atoms with Gasteiger partial charge in [-0.25, -0.2) is 4.58 Å². The zero-order valence-electron chi connectivity index (χ0n) is 9.61. The van der Waals surface area contributed by atoms with Gasteiger partial charge in [0.1, 0.15) is 14.1 Å². The summed E-state index contributed by atoms with van der Waals surface area (Å²) in [5, 5.41) is 0. The highest BCUT2D eigenvalue weighted by atomic mass is 16.1. The first-order valence-corrected chi connectivity index (χ1v) is 4.50. The highest BCUT2D eigenvalue weighted by Gasteiger charge is 1.98. The van der Waals surface area contributed by atoms with Gasteiger partial charge in [-0.3, -0.25) is 4.79 Å². The molecule has 0 radical (unpaired) electrons. The van der Waals surface area contributed by atoms with Crippen molar-refractivity contribution in [1.29, 1.82) is 0 Å². The number of rotatable bonds is 4. The van der Waals surface area contributed by atoms with Crippen LogP contribution in [0.2, 0.25) is 0 Å². The molecule has 0 heterocycles. The second-order valence-corrected chi connectivity index (χ2v) is 3.58. The molecule has 0 aliphatic rings. The summed E-state index contributed by atoms with van der Waals surface area (Å²) in [5.74, 6) is 0.0714. The molecule has 3 nitrogen and oxygen atoms in total. The number of hydrogen-bond donors (Lipinski definition) is 0. The Labute approximate surface area is 86.0 Å². The topological polar surface area (TPSA) is 23.3 Å². The van der Waals surface area contributed by atoms with Crippen LogP contribution >= 0.6 is 0 Å². The fourth-order valence-electron chi connectivity index (χ4n) is 0.848. The van der Waals surface area contributed by atoms with E-state index in [2.05, 4.69) is 0 Å². The summed E-state index contributed by atoms with van der Waals surface area (Å²) in [7, 11) is 7.67. The van der Waals surface area contributed by atoms with Crippen molar-refractivity contribution >= 4 is 12.0 Å². The lowest BCUT2D eigenvalue weighted by Gasteiger charge is -2.05. The van der Waals surface area contributed by atoms with Crippen molar-refractivity contribution in [2.24, 2.45) is 0 Å². The minimum absolute atomic E-state index is 0.0714. The normalized spacial score (nSPS) is 11.6. The van der Waals surface area contributed by atoms with Crippen molar-refractivity contribution in [3.05, 3.63) is 23.9 Å². The van der Waals surface area contributed by atoms with Gasteiger partial charge in [0.2, 0.25) is 0 Å². The molecule has 0 atom stereocenters. The Morgan fingerprint density at radius 1 is 1.29 bits per heavy atom. The molecule has 0 aromatic rings. The minimum atomic E-state index is 0.0714. The van der Waals surface area contributed by atoms with E-state index in [1.54, 1.807) is 6.92 Å². The zero-order chi connectivity index (χ0) is 11.1. The van der Waals surface area contributed by atoms with Crippen molar-refractivity contribution in [1.82, 2.24) is 4.90 Å². The van der Waals surface area contributed by atoms with Crippen LogP contribution < -0.4 is 0 Å². The molecule has 0 unspecified atom stereocenters. The first-order chi connectivity index (χ1) is 6.43. The van der Waals surface area contributed by atoms with Gasteiger partial charge in [-0.05, 0) is 13.0 Å². The number of carbonyl (C=O) groups is 1. The number of Topliss-reactive ketones (excluding diaryl/α,β-unsaturated/α-hetero) is 1. The van der Waals surface area contributed by atoms with Gasteiger partial charge in [-0.15, -0.1) is 0 Å². The molecule has 0 rings (SSSR count). The monoisotopic (exact) mass is 195 g/mol. The third-order valence-electron chi connectivity index (χ3n) is 1.46. The molecule has 0 aliphatic carbocycles. The summed E-state index contributed by atoms with van der Waals surface area (Å²) in [6.07, 6.45) is 7.37. The molecule has 14 heavy (non-hydrogen) atoms. The van der Waals surface area contributed by atoms with Crippen LogP contribution in [0.1, 0.15) is 6.92 Å². The lowest BCUT2D eigenvalue weighted by molar-refractivity contribution is -0.458. The Balaban J connectivity index is 4.63. The molecular formula is C11H19N2O+. The summed E-state index contributed by atoms with van der Waals surface area (Å²) in [6, 6.07) is 0. The third-order valence-corrected chi connectivity index (χ3v) is 1.46. The van der Waals surface area contributed by atoms with E-state index in [9.17, 15) is 4.79 Å². The Hall–Kier alpha value is -1.38. The van der Waals surface area contributed by atoms with E-state index in [1.807, 2.05) is 62.2 Å². The van der Waals surface area contributed by atoms with Gasteiger partial charge < -0.3 is 4.90 Å². The number of nitrogens with zero attached hydrogens (tertiary/aromatic N) is 2. The molecule has 0 aromatic carbocycles. The summed E-state index contributed by atoms with van der Waals surface area (Å²) >= 11 is 0. The molecule has 0 aromatic heterocycles. The quantitative estimate of drug-likeness (QED) is 0.288. The molecule has 0 aliphatic heterocycles. The predicted molar refractivity (Wildman–Crippen MR) is 59.8 cm³/mol. The lowest BCUT2D eigenvalue weighted by atomic mass is 10.2. The van der Waals surface area contributed by atoms with E-state index in [0.29, 0.717) is 5.57 Å². The Bertz CT molecular complexity index is 282.